The van der Waals surface area contributed by atoms with Gasteiger partial charge in [0.15, 0.2) is 0 Å². The Morgan fingerprint density at radius 1 is 0.963 bits per heavy atom. The molecule has 5 heteroatoms. The van der Waals surface area contributed by atoms with Gasteiger partial charge >= 0.3 is 51.4 Å². The molecule has 2 rings (SSSR count). The van der Waals surface area contributed by atoms with E-state index in [1.807, 2.05) is 0 Å². The summed E-state index contributed by atoms with van der Waals surface area (Å²) < 4.78 is 0. The van der Waals surface area contributed by atoms with Gasteiger partial charge < -0.3 is 22.5 Å². The van der Waals surface area contributed by atoms with Gasteiger partial charge in [0.2, 0.25) is 0 Å². The van der Waals surface area contributed by atoms with Crippen LogP contribution in [0.5, 0.6) is 0 Å². The quantitative estimate of drug-likeness (QED) is 0.389. The molecule has 0 unspecified atom stereocenters. The van der Waals surface area contributed by atoms with Gasteiger partial charge in [-0.15, -0.1) is 0 Å². The van der Waals surface area contributed by atoms with E-state index in [1.165, 1.54) is 77.5 Å². The minimum absolute atomic E-state index is 0. The fourth-order valence-corrected chi connectivity index (χ4v) is 3.61. The average Bonchev–Trinajstić information content (AvgIpc) is 2.69. The Hall–Kier alpha value is 1.48. The van der Waals surface area contributed by atoms with E-state index in [0.717, 1.165) is 18.4 Å². The van der Waals surface area contributed by atoms with Crippen LogP contribution in [0.15, 0.2) is 0 Å². The van der Waals surface area contributed by atoms with Crippen molar-refractivity contribution in [2.75, 3.05) is 53.5 Å². The standard InChI is InChI=1S/C10H23N3.C10H20N.C2H5.K/c1-12-6-3-10(4-7-12)5-8-13(2)9-11;1-3-4-5-10-6-8-11(2)9-7-10;1-2;/h10H,3-9,11H2,1-2H3;10H,2-9H2,1H3;1H2,2H3;/q;2*-1;+1. The monoisotopic (exact) mass is 407 g/mol. The van der Waals surface area contributed by atoms with Gasteiger partial charge in [0.05, 0.1) is 0 Å². The Morgan fingerprint density at radius 2 is 1.44 bits per heavy atom. The molecule has 0 spiro atoms. The molecule has 2 N–H and O–H groups in total. The number of hydrogen-bond acceptors (Lipinski definition) is 4. The minimum atomic E-state index is 0. The summed E-state index contributed by atoms with van der Waals surface area (Å²) >= 11 is 0. The fraction of sp³-hybridized carbons (Fsp3) is 0.909. The third-order valence-corrected chi connectivity index (χ3v) is 5.74. The Balaban J connectivity index is 0. The predicted octanol–water partition coefficient (Wildman–Crippen LogP) is 1.09. The smallest absolute Gasteiger partial charge is 0.459 e. The number of nitrogens with two attached hydrogens (primary N) is 1. The van der Waals surface area contributed by atoms with E-state index in [-0.39, 0.29) is 51.4 Å². The molecule has 0 saturated carbocycles. The summed E-state index contributed by atoms with van der Waals surface area (Å²) in [5, 5.41) is 0. The van der Waals surface area contributed by atoms with E-state index in [2.05, 4.69) is 49.7 Å². The zero-order valence-electron chi connectivity index (χ0n) is 19.4. The molecule has 2 aliphatic heterocycles. The molecule has 0 aromatic carbocycles. The van der Waals surface area contributed by atoms with E-state index in [9.17, 15) is 0 Å². The van der Waals surface area contributed by atoms with E-state index >= 15 is 0 Å². The van der Waals surface area contributed by atoms with Crippen molar-refractivity contribution in [3.05, 3.63) is 14.0 Å². The summed E-state index contributed by atoms with van der Waals surface area (Å²) in [6.07, 6.45) is 11.0. The Kier molecular flexibility index (Phi) is 23.6. The van der Waals surface area contributed by atoms with Crippen molar-refractivity contribution in [2.24, 2.45) is 17.6 Å². The van der Waals surface area contributed by atoms with Gasteiger partial charge in [-0.05, 0) is 90.8 Å². The first kappa shape index (κ1) is 30.7. The van der Waals surface area contributed by atoms with Crippen LogP contribution in [0.3, 0.4) is 0 Å². The first-order valence-electron chi connectivity index (χ1n) is 10.9. The molecule has 0 aromatic heterocycles. The summed E-state index contributed by atoms with van der Waals surface area (Å²) in [4.78, 5) is 6.81. The summed E-state index contributed by atoms with van der Waals surface area (Å²) in [6, 6.07) is 0. The molecule has 27 heavy (non-hydrogen) atoms. The van der Waals surface area contributed by atoms with Crippen LogP contribution in [-0.4, -0.2) is 68.2 Å². The molecular formula is C22H48KN4-. The molecule has 2 fully saturated rings. The van der Waals surface area contributed by atoms with Gasteiger partial charge in [-0.25, -0.2) is 0 Å². The number of nitrogens with zero attached hydrogens (tertiary/aromatic N) is 3. The Morgan fingerprint density at radius 3 is 1.93 bits per heavy atom. The summed E-state index contributed by atoms with van der Waals surface area (Å²) in [5.74, 6) is 1.94. The molecular weight excluding hydrogens is 359 g/mol. The van der Waals surface area contributed by atoms with Crippen molar-refractivity contribution in [1.82, 2.24) is 14.7 Å². The molecule has 0 aliphatic carbocycles. The first-order valence-corrected chi connectivity index (χ1v) is 10.9. The second-order valence-electron chi connectivity index (χ2n) is 8.00. The van der Waals surface area contributed by atoms with Gasteiger partial charge in [-0.3, -0.25) is 11.9 Å². The molecule has 0 atom stereocenters. The van der Waals surface area contributed by atoms with Crippen molar-refractivity contribution < 1.29 is 51.4 Å². The van der Waals surface area contributed by atoms with Gasteiger partial charge in [0.1, 0.15) is 0 Å². The third-order valence-electron chi connectivity index (χ3n) is 5.74. The molecule has 0 bridgehead atoms. The van der Waals surface area contributed by atoms with Crippen molar-refractivity contribution in [1.29, 1.82) is 0 Å². The van der Waals surface area contributed by atoms with Crippen LogP contribution >= 0.6 is 0 Å². The van der Waals surface area contributed by atoms with Crippen LogP contribution in [0.2, 0.25) is 0 Å². The first-order chi connectivity index (χ1) is 12.5. The van der Waals surface area contributed by atoms with Crippen LogP contribution < -0.4 is 57.1 Å². The average molecular weight is 408 g/mol. The van der Waals surface area contributed by atoms with Crippen LogP contribution in [0, 0.1) is 25.8 Å². The fourth-order valence-electron chi connectivity index (χ4n) is 3.61. The summed E-state index contributed by atoms with van der Waals surface area (Å²) in [5.41, 5.74) is 5.53. The van der Waals surface area contributed by atoms with Gasteiger partial charge in [-0.2, -0.15) is 6.92 Å². The number of hydrogen-bond donors (Lipinski definition) is 1. The van der Waals surface area contributed by atoms with E-state index in [4.69, 9.17) is 5.73 Å². The predicted molar refractivity (Wildman–Crippen MR) is 117 cm³/mol. The van der Waals surface area contributed by atoms with Gasteiger partial charge in [0.25, 0.3) is 0 Å². The topological polar surface area (TPSA) is 35.7 Å². The number of unbranched alkanes of at least 4 members (excludes halogenated alkanes) is 1. The van der Waals surface area contributed by atoms with E-state index in [0.29, 0.717) is 6.67 Å². The van der Waals surface area contributed by atoms with Crippen molar-refractivity contribution >= 4 is 0 Å². The number of piperidine rings is 2. The maximum absolute atomic E-state index is 5.53. The van der Waals surface area contributed by atoms with E-state index < -0.39 is 0 Å². The molecule has 0 radical (unpaired) electrons. The Bertz CT molecular complexity index is 285. The molecule has 2 saturated heterocycles. The SMILES string of the molecule is CN(CN)CCC1CCN(C)CC1.[CH2-]C.[CH2-]N1CCC(CCCC)CC1.[K+]. The van der Waals surface area contributed by atoms with Crippen molar-refractivity contribution in [2.45, 2.75) is 65.2 Å². The molecule has 4 nitrogen and oxygen atoms in total. The third kappa shape index (κ3) is 16.9. The van der Waals surface area contributed by atoms with Crippen molar-refractivity contribution in [3.8, 4) is 0 Å². The van der Waals surface area contributed by atoms with Gasteiger partial charge in [-0.1, -0.05) is 26.2 Å². The number of rotatable bonds is 7. The van der Waals surface area contributed by atoms with Gasteiger partial charge in [0, 0.05) is 6.67 Å². The maximum atomic E-state index is 5.53. The Labute approximate surface area is 214 Å². The summed E-state index contributed by atoms with van der Waals surface area (Å²) in [6.45, 7) is 14.1. The van der Waals surface area contributed by atoms with Crippen LogP contribution in [0.4, 0.5) is 0 Å². The van der Waals surface area contributed by atoms with Crippen LogP contribution in [-0.2, 0) is 0 Å². The summed E-state index contributed by atoms with van der Waals surface area (Å²) in [7, 11) is 8.25. The van der Waals surface area contributed by atoms with Crippen molar-refractivity contribution in [3.63, 3.8) is 0 Å². The molecule has 2 aliphatic rings. The molecule has 158 valence electrons. The van der Waals surface area contributed by atoms with Crippen LogP contribution in [0.1, 0.15) is 65.2 Å². The maximum Gasteiger partial charge on any atom is 1.00 e. The van der Waals surface area contributed by atoms with E-state index in [1.54, 1.807) is 6.92 Å². The number of likely N-dealkylation sites (tertiary alicyclic amines) is 2. The normalized spacial score (nSPS) is 19.6. The molecule has 0 aromatic rings. The van der Waals surface area contributed by atoms with Crippen LogP contribution in [0.25, 0.3) is 0 Å². The zero-order chi connectivity index (χ0) is 19.8. The zero-order valence-corrected chi connectivity index (χ0v) is 22.5. The molecule has 0 amide bonds. The largest absolute Gasteiger partial charge is 1.00 e. The molecule has 2 heterocycles. The minimum Gasteiger partial charge on any atom is -0.459 e. The second-order valence-corrected chi connectivity index (χ2v) is 8.00. The second kappa shape index (κ2) is 20.7.